The number of nitrogens with zero attached hydrogens (tertiary/aromatic N) is 2. The summed E-state index contributed by atoms with van der Waals surface area (Å²) in [7, 11) is -3.61. The summed E-state index contributed by atoms with van der Waals surface area (Å²) < 4.78 is 31.8. The van der Waals surface area contributed by atoms with Crippen molar-refractivity contribution in [1.29, 1.82) is 0 Å². The molecule has 0 aliphatic carbocycles. The van der Waals surface area contributed by atoms with Gasteiger partial charge in [-0.1, -0.05) is 0 Å². The summed E-state index contributed by atoms with van der Waals surface area (Å²) in [5, 5.41) is 6.51. The van der Waals surface area contributed by atoms with Crippen LogP contribution in [0.3, 0.4) is 0 Å². The van der Waals surface area contributed by atoms with Crippen molar-refractivity contribution in [2.24, 2.45) is 0 Å². The molecule has 0 saturated carbocycles. The molecule has 1 aromatic rings. The van der Waals surface area contributed by atoms with Crippen LogP contribution in [-0.2, 0) is 19.6 Å². The summed E-state index contributed by atoms with van der Waals surface area (Å²) in [5.41, 5.74) is 0.926. The van der Waals surface area contributed by atoms with E-state index in [1.807, 2.05) is 0 Å². The highest BCUT2D eigenvalue weighted by Crippen LogP contribution is 2.15. The van der Waals surface area contributed by atoms with Crippen molar-refractivity contribution in [2.45, 2.75) is 18.7 Å². The average Bonchev–Trinajstić information content (AvgIpc) is 2.72. The lowest BCUT2D eigenvalue weighted by atomic mass is 10.4. The number of nitrogens with one attached hydrogen (secondary N) is 2. The number of H-pyrrole nitrogens is 1. The molecule has 9 heteroatoms. The molecule has 1 amide bonds. The summed E-state index contributed by atoms with van der Waals surface area (Å²) in [6, 6.07) is 0. The van der Waals surface area contributed by atoms with Gasteiger partial charge in [-0.2, -0.15) is 5.10 Å². The minimum atomic E-state index is -3.61. The van der Waals surface area contributed by atoms with Gasteiger partial charge >= 0.3 is 0 Å². The third-order valence-electron chi connectivity index (χ3n) is 3.09. The number of rotatable bonds is 5. The lowest BCUT2D eigenvalue weighted by Crippen LogP contribution is -2.45. The number of carbonyl (C=O) groups excluding carboxylic acids is 1. The SMILES string of the molecule is Cc1n[nH]c(C)c1S(=O)(=O)NCCN1CCOCC1=O. The van der Waals surface area contributed by atoms with Gasteiger partial charge in [0.1, 0.15) is 11.5 Å². The monoisotopic (exact) mass is 302 g/mol. The largest absolute Gasteiger partial charge is 0.370 e. The Bertz CT molecular complexity index is 576. The molecule has 8 nitrogen and oxygen atoms in total. The maximum atomic E-state index is 12.2. The van der Waals surface area contributed by atoms with Crippen molar-refractivity contribution in [2.75, 3.05) is 32.8 Å². The van der Waals surface area contributed by atoms with Crippen LogP contribution in [0.15, 0.2) is 4.90 Å². The minimum absolute atomic E-state index is 0.0622. The van der Waals surface area contributed by atoms with E-state index in [0.29, 0.717) is 31.1 Å². The molecule has 0 bridgehead atoms. The first-order valence-corrected chi connectivity index (χ1v) is 7.77. The molecule has 0 spiro atoms. The van der Waals surface area contributed by atoms with Gasteiger partial charge in [-0.15, -0.1) is 0 Å². The van der Waals surface area contributed by atoms with Gasteiger partial charge in [0.15, 0.2) is 0 Å². The summed E-state index contributed by atoms with van der Waals surface area (Å²) in [4.78, 5) is 13.3. The van der Waals surface area contributed by atoms with Crippen molar-refractivity contribution in [1.82, 2.24) is 19.8 Å². The van der Waals surface area contributed by atoms with Crippen molar-refractivity contribution < 1.29 is 17.9 Å². The van der Waals surface area contributed by atoms with Crippen LogP contribution in [0.2, 0.25) is 0 Å². The number of ether oxygens (including phenoxy) is 1. The normalized spacial score (nSPS) is 16.7. The molecule has 112 valence electrons. The summed E-state index contributed by atoms with van der Waals surface area (Å²) in [6.45, 7) is 4.81. The third kappa shape index (κ3) is 3.17. The highest BCUT2D eigenvalue weighted by Gasteiger charge is 2.23. The zero-order valence-electron chi connectivity index (χ0n) is 11.5. The van der Waals surface area contributed by atoms with Crippen molar-refractivity contribution >= 4 is 15.9 Å². The number of morpholine rings is 1. The second-order valence-corrected chi connectivity index (χ2v) is 6.30. The van der Waals surface area contributed by atoms with Gasteiger partial charge in [0.05, 0.1) is 18.0 Å². The minimum Gasteiger partial charge on any atom is -0.370 e. The molecule has 1 aliphatic rings. The molecule has 0 unspecified atom stereocenters. The first kappa shape index (κ1) is 14.9. The number of aromatic amines is 1. The molecule has 0 atom stereocenters. The fourth-order valence-electron chi connectivity index (χ4n) is 2.11. The van der Waals surface area contributed by atoms with Gasteiger partial charge in [-0.3, -0.25) is 9.89 Å². The van der Waals surface area contributed by atoms with Gasteiger partial charge in [0.25, 0.3) is 0 Å². The van der Waals surface area contributed by atoms with E-state index in [0.717, 1.165) is 0 Å². The summed E-state index contributed by atoms with van der Waals surface area (Å²) >= 11 is 0. The fraction of sp³-hybridized carbons (Fsp3) is 0.636. The van der Waals surface area contributed by atoms with E-state index < -0.39 is 10.0 Å². The molecule has 2 N–H and O–H groups in total. The Morgan fingerprint density at radius 2 is 2.20 bits per heavy atom. The quantitative estimate of drug-likeness (QED) is 0.738. The van der Waals surface area contributed by atoms with Gasteiger partial charge in [0.2, 0.25) is 15.9 Å². The van der Waals surface area contributed by atoms with E-state index in [-0.39, 0.29) is 24.0 Å². The Morgan fingerprint density at radius 1 is 1.45 bits per heavy atom. The standard InChI is InChI=1S/C11H18N4O4S/c1-8-11(9(2)14-13-8)20(17,18)12-3-4-15-5-6-19-7-10(15)16/h12H,3-7H2,1-2H3,(H,13,14). The molecule has 1 fully saturated rings. The Kier molecular flexibility index (Phi) is 4.41. The number of sulfonamides is 1. The van der Waals surface area contributed by atoms with Crippen LogP contribution < -0.4 is 4.72 Å². The first-order chi connectivity index (χ1) is 9.42. The lowest BCUT2D eigenvalue weighted by molar-refractivity contribution is -0.142. The molecule has 1 saturated heterocycles. The predicted molar refractivity (Wildman–Crippen MR) is 70.6 cm³/mol. The fourth-order valence-corrected chi connectivity index (χ4v) is 3.50. The van der Waals surface area contributed by atoms with Crippen LogP contribution in [0.5, 0.6) is 0 Å². The number of amides is 1. The van der Waals surface area contributed by atoms with Crippen LogP contribution in [0.4, 0.5) is 0 Å². The van der Waals surface area contributed by atoms with E-state index >= 15 is 0 Å². The molecule has 2 heterocycles. The number of carbonyl (C=O) groups is 1. The maximum Gasteiger partial charge on any atom is 0.248 e. The van der Waals surface area contributed by atoms with Crippen LogP contribution >= 0.6 is 0 Å². The van der Waals surface area contributed by atoms with Crippen LogP contribution in [0, 0.1) is 13.8 Å². The Balaban J connectivity index is 1.95. The Hall–Kier alpha value is -1.45. The molecule has 0 radical (unpaired) electrons. The zero-order valence-corrected chi connectivity index (χ0v) is 12.3. The Labute approximate surface area is 117 Å². The van der Waals surface area contributed by atoms with Crippen LogP contribution in [0.25, 0.3) is 0 Å². The van der Waals surface area contributed by atoms with E-state index in [9.17, 15) is 13.2 Å². The van der Waals surface area contributed by atoms with E-state index in [1.54, 1.807) is 18.7 Å². The van der Waals surface area contributed by atoms with Gasteiger partial charge < -0.3 is 9.64 Å². The van der Waals surface area contributed by atoms with Gasteiger partial charge in [0, 0.05) is 19.6 Å². The van der Waals surface area contributed by atoms with E-state index in [1.165, 1.54) is 0 Å². The molecular formula is C11H18N4O4S. The molecule has 1 aromatic heterocycles. The second-order valence-electron chi connectivity index (χ2n) is 4.59. The van der Waals surface area contributed by atoms with Crippen LogP contribution in [0.1, 0.15) is 11.4 Å². The van der Waals surface area contributed by atoms with E-state index in [2.05, 4.69) is 14.9 Å². The second kappa shape index (κ2) is 5.90. The zero-order chi connectivity index (χ0) is 14.8. The molecule has 2 rings (SSSR count). The number of hydrogen-bond acceptors (Lipinski definition) is 5. The van der Waals surface area contributed by atoms with Crippen LogP contribution in [-0.4, -0.2) is 62.3 Å². The lowest BCUT2D eigenvalue weighted by Gasteiger charge is -2.26. The number of aromatic nitrogens is 2. The highest BCUT2D eigenvalue weighted by atomic mass is 32.2. The maximum absolute atomic E-state index is 12.2. The molecule has 0 aromatic carbocycles. The topological polar surface area (TPSA) is 104 Å². The van der Waals surface area contributed by atoms with Crippen molar-refractivity contribution in [3.63, 3.8) is 0 Å². The van der Waals surface area contributed by atoms with Crippen molar-refractivity contribution in [3.8, 4) is 0 Å². The predicted octanol–water partition coefficient (Wildman–Crippen LogP) is -0.836. The smallest absolute Gasteiger partial charge is 0.248 e. The Morgan fingerprint density at radius 3 is 2.80 bits per heavy atom. The number of hydrogen-bond donors (Lipinski definition) is 2. The summed E-state index contributed by atoms with van der Waals surface area (Å²) in [5.74, 6) is -0.119. The first-order valence-electron chi connectivity index (χ1n) is 6.28. The molecule has 1 aliphatic heterocycles. The van der Waals surface area contributed by atoms with Crippen molar-refractivity contribution in [3.05, 3.63) is 11.4 Å². The third-order valence-corrected chi connectivity index (χ3v) is 4.81. The molecular weight excluding hydrogens is 284 g/mol. The number of aryl methyl sites for hydroxylation is 2. The van der Waals surface area contributed by atoms with Gasteiger partial charge in [-0.05, 0) is 13.8 Å². The highest BCUT2D eigenvalue weighted by molar-refractivity contribution is 7.89. The summed E-state index contributed by atoms with van der Waals surface area (Å²) in [6.07, 6.45) is 0. The van der Waals surface area contributed by atoms with Gasteiger partial charge in [-0.25, -0.2) is 13.1 Å². The average molecular weight is 302 g/mol. The molecule has 20 heavy (non-hydrogen) atoms. The van der Waals surface area contributed by atoms with E-state index in [4.69, 9.17) is 4.74 Å².